The van der Waals surface area contributed by atoms with E-state index in [9.17, 15) is 17.6 Å². The molecule has 0 unspecified atom stereocenters. The van der Waals surface area contributed by atoms with Gasteiger partial charge in [0.1, 0.15) is 16.1 Å². The zero-order valence-corrected chi connectivity index (χ0v) is 18.9. The molecule has 2 aliphatic rings. The van der Waals surface area contributed by atoms with E-state index in [1.807, 2.05) is 4.90 Å². The second kappa shape index (κ2) is 8.12. The number of thiophene rings is 1. The highest BCUT2D eigenvalue weighted by Gasteiger charge is 2.37. The largest absolute Gasteiger partial charge is 0.458 e. The molecule has 0 saturated carbocycles. The van der Waals surface area contributed by atoms with Crippen LogP contribution in [0.15, 0.2) is 39.9 Å². The fourth-order valence-corrected chi connectivity index (χ4v) is 7.44. The number of carbonyl (C=O) groups excluding carboxylic acids is 1. The fraction of sp³-hybridized carbons (Fsp3) is 0.400. The average Bonchev–Trinajstić information content (AvgIpc) is 3.40. The van der Waals surface area contributed by atoms with Crippen molar-refractivity contribution in [1.82, 2.24) is 9.29 Å². The summed E-state index contributed by atoms with van der Waals surface area (Å²) < 4.78 is 46.8. The predicted molar refractivity (Wildman–Crippen MR) is 117 cm³/mol. The summed E-state index contributed by atoms with van der Waals surface area (Å²) in [6.45, 7) is 1.75. The van der Waals surface area contributed by atoms with Gasteiger partial charge in [0.15, 0.2) is 5.13 Å². The van der Waals surface area contributed by atoms with E-state index < -0.39 is 10.0 Å². The van der Waals surface area contributed by atoms with Crippen molar-refractivity contribution in [3.8, 4) is 0 Å². The van der Waals surface area contributed by atoms with Crippen LogP contribution in [-0.4, -0.2) is 56.0 Å². The van der Waals surface area contributed by atoms with Gasteiger partial charge in [-0.1, -0.05) is 17.4 Å². The summed E-state index contributed by atoms with van der Waals surface area (Å²) in [6, 6.07) is 7.84. The molecular weight excluding hydrogens is 461 g/mol. The molecule has 4 heterocycles. The lowest BCUT2D eigenvalue weighted by molar-refractivity contribution is -0.156. The molecule has 3 aromatic rings. The first-order valence-corrected chi connectivity index (χ1v) is 13.1. The van der Waals surface area contributed by atoms with Crippen LogP contribution in [0.5, 0.6) is 0 Å². The topological polar surface area (TPSA) is 79.8 Å². The molecule has 0 N–H and O–H groups in total. The van der Waals surface area contributed by atoms with Gasteiger partial charge >= 0.3 is 5.97 Å². The number of sulfonamides is 1. The highest BCUT2D eigenvalue weighted by molar-refractivity contribution is 7.91. The molecule has 2 saturated heterocycles. The minimum Gasteiger partial charge on any atom is -0.458 e. The number of rotatable bonds is 5. The Morgan fingerprint density at radius 3 is 2.68 bits per heavy atom. The molecule has 0 spiro atoms. The van der Waals surface area contributed by atoms with Crippen molar-refractivity contribution in [3.63, 3.8) is 0 Å². The molecule has 7 nitrogen and oxygen atoms in total. The number of thiazole rings is 1. The molecule has 0 bridgehead atoms. The Hall–Kier alpha value is -2.08. The van der Waals surface area contributed by atoms with Crippen LogP contribution in [0.3, 0.4) is 0 Å². The molecule has 11 heteroatoms. The molecule has 164 valence electrons. The Morgan fingerprint density at radius 1 is 1.19 bits per heavy atom. The van der Waals surface area contributed by atoms with Crippen molar-refractivity contribution in [2.45, 2.75) is 23.2 Å². The van der Waals surface area contributed by atoms with Crippen LogP contribution in [0, 0.1) is 11.7 Å². The second-order valence-corrected chi connectivity index (χ2v) is 11.8. The zero-order chi connectivity index (χ0) is 21.6. The monoisotopic (exact) mass is 481 g/mol. The van der Waals surface area contributed by atoms with Crippen LogP contribution in [-0.2, 0) is 19.6 Å². The number of carbonyl (C=O) groups is 1. The third kappa shape index (κ3) is 4.07. The van der Waals surface area contributed by atoms with Crippen molar-refractivity contribution < 1.29 is 22.3 Å². The van der Waals surface area contributed by atoms with Gasteiger partial charge < -0.3 is 9.64 Å². The standard InChI is InChI=1S/C20H20FN3O4S3/c21-14-3-4-16-17(10-14)30-20(22-16)23-11-15(12-23)28-19(25)13-5-7-24(8-6-13)31(26,27)18-2-1-9-29-18/h1-4,9-10,13,15H,5-8,11-12H2. The quantitative estimate of drug-likeness (QED) is 0.520. The van der Waals surface area contributed by atoms with Crippen LogP contribution in [0.1, 0.15) is 12.8 Å². The molecule has 2 aliphatic heterocycles. The van der Waals surface area contributed by atoms with Gasteiger partial charge in [0.05, 0.1) is 29.2 Å². The van der Waals surface area contributed by atoms with E-state index in [0.717, 1.165) is 15.3 Å². The van der Waals surface area contributed by atoms with Gasteiger partial charge in [-0.15, -0.1) is 11.3 Å². The lowest BCUT2D eigenvalue weighted by atomic mass is 9.98. The van der Waals surface area contributed by atoms with E-state index >= 15 is 0 Å². The maximum atomic E-state index is 13.4. The van der Waals surface area contributed by atoms with Gasteiger partial charge in [-0.05, 0) is 42.5 Å². The number of hydrogen-bond donors (Lipinski definition) is 0. The molecule has 1 aromatic carbocycles. The highest BCUT2D eigenvalue weighted by Crippen LogP contribution is 2.33. The smallest absolute Gasteiger partial charge is 0.309 e. The lowest BCUT2D eigenvalue weighted by Crippen LogP contribution is -2.54. The van der Waals surface area contributed by atoms with Gasteiger partial charge in [-0.25, -0.2) is 17.8 Å². The predicted octanol–water partition coefficient (Wildman–Crippen LogP) is 3.33. The van der Waals surface area contributed by atoms with E-state index in [2.05, 4.69) is 4.98 Å². The number of hydrogen-bond acceptors (Lipinski definition) is 8. The SMILES string of the molecule is O=C(OC1CN(c2nc3ccc(F)cc3s2)C1)C1CCN(S(=O)(=O)c2cccs2)CC1. The number of ether oxygens (including phenoxy) is 1. The Balaban J connectivity index is 1.12. The molecule has 31 heavy (non-hydrogen) atoms. The number of nitrogens with zero attached hydrogens (tertiary/aromatic N) is 3. The molecule has 0 amide bonds. The summed E-state index contributed by atoms with van der Waals surface area (Å²) in [5, 5.41) is 2.53. The minimum absolute atomic E-state index is 0.205. The van der Waals surface area contributed by atoms with Crippen LogP contribution < -0.4 is 4.90 Å². The van der Waals surface area contributed by atoms with Crippen molar-refractivity contribution >= 4 is 54.0 Å². The van der Waals surface area contributed by atoms with Crippen LogP contribution in [0.2, 0.25) is 0 Å². The van der Waals surface area contributed by atoms with Gasteiger partial charge in [-0.2, -0.15) is 4.31 Å². The first-order valence-electron chi connectivity index (χ1n) is 9.95. The number of benzene rings is 1. The van der Waals surface area contributed by atoms with Gasteiger partial charge in [0.2, 0.25) is 0 Å². The fourth-order valence-electron chi connectivity index (χ4n) is 3.82. The molecule has 0 radical (unpaired) electrons. The zero-order valence-electron chi connectivity index (χ0n) is 16.4. The Kier molecular flexibility index (Phi) is 5.45. The molecule has 2 aromatic heterocycles. The van der Waals surface area contributed by atoms with Crippen LogP contribution in [0.4, 0.5) is 9.52 Å². The van der Waals surface area contributed by atoms with Gasteiger partial charge in [-0.3, -0.25) is 4.79 Å². The van der Waals surface area contributed by atoms with E-state index in [-0.39, 0.29) is 23.8 Å². The number of anilines is 1. The number of halogens is 1. The van der Waals surface area contributed by atoms with Crippen molar-refractivity contribution in [3.05, 3.63) is 41.5 Å². The minimum atomic E-state index is -3.47. The van der Waals surface area contributed by atoms with E-state index in [0.29, 0.717) is 43.2 Å². The Labute approximate surface area is 187 Å². The van der Waals surface area contributed by atoms with E-state index in [1.165, 1.54) is 39.1 Å². The molecule has 0 aliphatic carbocycles. The summed E-state index contributed by atoms with van der Waals surface area (Å²) in [5.41, 5.74) is 0.756. The third-order valence-electron chi connectivity index (χ3n) is 5.62. The number of piperidine rings is 1. The Bertz CT molecular complexity index is 1200. The molecule has 5 rings (SSSR count). The summed E-state index contributed by atoms with van der Waals surface area (Å²) in [4.78, 5) is 19.1. The van der Waals surface area contributed by atoms with Crippen molar-refractivity contribution in [1.29, 1.82) is 0 Å². The normalized spacial score (nSPS) is 18.9. The van der Waals surface area contributed by atoms with Gasteiger partial charge in [0.25, 0.3) is 10.0 Å². The summed E-state index contributed by atoms with van der Waals surface area (Å²) in [7, 11) is -3.47. The molecule has 0 atom stereocenters. The Morgan fingerprint density at radius 2 is 1.97 bits per heavy atom. The summed E-state index contributed by atoms with van der Waals surface area (Å²) >= 11 is 2.62. The van der Waals surface area contributed by atoms with Crippen molar-refractivity contribution in [2.75, 3.05) is 31.1 Å². The van der Waals surface area contributed by atoms with Crippen LogP contribution in [0.25, 0.3) is 10.2 Å². The molecular formula is C20H20FN3O4S3. The number of fused-ring (bicyclic) bond motifs is 1. The van der Waals surface area contributed by atoms with Gasteiger partial charge in [0, 0.05) is 13.1 Å². The maximum Gasteiger partial charge on any atom is 0.309 e. The maximum absolute atomic E-state index is 13.4. The average molecular weight is 482 g/mol. The second-order valence-electron chi connectivity index (χ2n) is 7.68. The summed E-state index contributed by atoms with van der Waals surface area (Å²) in [5.74, 6) is -0.828. The number of esters is 1. The highest BCUT2D eigenvalue weighted by atomic mass is 32.2. The lowest BCUT2D eigenvalue weighted by Gasteiger charge is -2.39. The first kappa shape index (κ1) is 20.8. The van der Waals surface area contributed by atoms with Crippen LogP contribution >= 0.6 is 22.7 Å². The van der Waals surface area contributed by atoms with E-state index in [4.69, 9.17) is 4.74 Å². The third-order valence-corrected chi connectivity index (χ3v) is 9.97. The first-order chi connectivity index (χ1) is 14.9. The summed E-state index contributed by atoms with van der Waals surface area (Å²) in [6.07, 6.45) is 0.719. The molecule has 2 fully saturated rings. The number of aromatic nitrogens is 1. The van der Waals surface area contributed by atoms with Crippen molar-refractivity contribution in [2.24, 2.45) is 5.92 Å². The van der Waals surface area contributed by atoms with E-state index in [1.54, 1.807) is 23.6 Å².